The minimum absolute atomic E-state index is 0.0530. The second-order valence-corrected chi connectivity index (χ2v) is 5.39. The maximum absolute atomic E-state index is 12.3. The number of rotatable bonds is 4. The van der Waals surface area contributed by atoms with Gasteiger partial charge in [-0.2, -0.15) is 8.78 Å². The third-order valence-corrected chi connectivity index (χ3v) is 3.90. The Balaban J connectivity index is 1.94. The van der Waals surface area contributed by atoms with Gasteiger partial charge in [0.1, 0.15) is 5.75 Å². The zero-order valence-electron chi connectivity index (χ0n) is 12.0. The van der Waals surface area contributed by atoms with Crippen molar-refractivity contribution < 1.29 is 18.3 Å². The lowest BCUT2D eigenvalue weighted by molar-refractivity contribution is -0.0498. The second kappa shape index (κ2) is 6.85. The summed E-state index contributed by atoms with van der Waals surface area (Å²) in [7, 11) is 0. The summed E-state index contributed by atoms with van der Waals surface area (Å²) in [5, 5.41) is 0. The third kappa shape index (κ3) is 4.14. The van der Waals surface area contributed by atoms with Gasteiger partial charge in [0.15, 0.2) is 0 Å². The van der Waals surface area contributed by atoms with Gasteiger partial charge in [0.2, 0.25) is 0 Å². The van der Waals surface area contributed by atoms with Crippen LogP contribution in [0.25, 0.3) is 0 Å². The number of alkyl halides is 2. The van der Waals surface area contributed by atoms with Gasteiger partial charge in [-0.25, -0.2) is 0 Å². The molecule has 1 fully saturated rings. The number of ether oxygens (including phenoxy) is 1. The Morgan fingerprint density at radius 2 is 1.86 bits per heavy atom. The van der Waals surface area contributed by atoms with Crippen molar-refractivity contribution >= 4 is 5.91 Å². The molecule has 0 bridgehead atoms. The SMILES string of the molecule is CC(N)C1CCN(C(=O)c2ccc(OC(F)F)cc2)CC1. The lowest BCUT2D eigenvalue weighted by Gasteiger charge is -2.33. The highest BCUT2D eigenvalue weighted by Crippen LogP contribution is 2.22. The van der Waals surface area contributed by atoms with Crippen molar-refractivity contribution in [3.8, 4) is 5.75 Å². The number of piperidine rings is 1. The van der Waals surface area contributed by atoms with E-state index >= 15 is 0 Å². The number of carbonyl (C=O) groups is 1. The van der Waals surface area contributed by atoms with E-state index in [2.05, 4.69) is 4.74 Å². The fraction of sp³-hybridized carbons (Fsp3) is 0.533. The number of benzene rings is 1. The van der Waals surface area contributed by atoms with Crippen LogP contribution in [-0.2, 0) is 0 Å². The minimum Gasteiger partial charge on any atom is -0.435 e. The minimum atomic E-state index is -2.86. The molecule has 2 N–H and O–H groups in total. The van der Waals surface area contributed by atoms with Crippen molar-refractivity contribution in [3.63, 3.8) is 0 Å². The predicted octanol–water partition coefficient (Wildman–Crippen LogP) is 2.49. The molecule has 0 saturated carbocycles. The van der Waals surface area contributed by atoms with E-state index in [1.807, 2.05) is 6.92 Å². The summed E-state index contributed by atoms with van der Waals surface area (Å²) < 4.78 is 28.4. The van der Waals surface area contributed by atoms with Gasteiger partial charge in [-0.05, 0) is 49.9 Å². The normalized spacial score (nSPS) is 17.9. The largest absolute Gasteiger partial charge is 0.435 e. The Bertz CT molecular complexity index is 469. The number of amides is 1. The predicted molar refractivity (Wildman–Crippen MR) is 75.4 cm³/mol. The molecule has 1 aromatic carbocycles. The van der Waals surface area contributed by atoms with Crippen LogP contribution in [0.3, 0.4) is 0 Å². The quantitative estimate of drug-likeness (QED) is 0.929. The summed E-state index contributed by atoms with van der Waals surface area (Å²) in [6.07, 6.45) is 1.80. The fourth-order valence-corrected chi connectivity index (χ4v) is 2.59. The zero-order valence-corrected chi connectivity index (χ0v) is 12.0. The van der Waals surface area contributed by atoms with Crippen LogP contribution in [0.5, 0.6) is 5.75 Å². The molecule has 1 atom stereocenters. The molecular weight excluding hydrogens is 278 g/mol. The van der Waals surface area contributed by atoms with Gasteiger partial charge in [-0.15, -0.1) is 0 Å². The van der Waals surface area contributed by atoms with Gasteiger partial charge < -0.3 is 15.4 Å². The highest BCUT2D eigenvalue weighted by Gasteiger charge is 2.25. The first-order chi connectivity index (χ1) is 9.97. The Hall–Kier alpha value is -1.69. The van der Waals surface area contributed by atoms with Crippen molar-refractivity contribution in [1.82, 2.24) is 4.90 Å². The highest BCUT2D eigenvalue weighted by atomic mass is 19.3. The van der Waals surface area contributed by atoms with Crippen molar-refractivity contribution in [2.45, 2.75) is 32.4 Å². The number of hydrogen-bond donors (Lipinski definition) is 1. The topological polar surface area (TPSA) is 55.6 Å². The van der Waals surface area contributed by atoms with Crippen LogP contribution in [0.2, 0.25) is 0 Å². The molecule has 1 amide bonds. The van der Waals surface area contributed by atoms with E-state index in [1.165, 1.54) is 24.3 Å². The Morgan fingerprint density at radius 3 is 2.33 bits per heavy atom. The lowest BCUT2D eigenvalue weighted by atomic mass is 9.90. The number of halogens is 2. The molecule has 1 unspecified atom stereocenters. The van der Waals surface area contributed by atoms with Gasteiger partial charge in [-0.1, -0.05) is 0 Å². The first-order valence-corrected chi connectivity index (χ1v) is 7.07. The summed E-state index contributed by atoms with van der Waals surface area (Å²) >= 11 is 0. The summed E-state index contributed by atoms with van der Waals surface area (Å²) in [4.78, 5) is 14.1. The first kappa shape index (κ1) is 15.7. The van der Waals surface area contributed by atoms with Gasteiger partial charge >= 0.3 is 6.61 Å². The standard InChI is InChI=1S/C15H20F2N2O2/c1-10(18)11-6-8-19(9-7-11)14(20)12-2-4-13(5-3-12)21-15(16)17/h2-5,10-11,15H,6-9,18H2,1H3. The Kier molecular flexibility index (Phi) is 5.12. The third-order valence-electron chi connectivity index (χ3n) is 3.90. The molecule has 2 rings (SSSR count). The monoisotopic (exact) mass is 298 g/mol. The second-order valence-electron chi connectivity index (χ2n) is 5.39. The number of nitrogens with zero attached hydrogens (tertiary/aromatic N) is 1. The average molecular weight is 298 g/mol. The van der Waals surface area contributed by atoms with Crippen molar-refractivity contribution in [2.24, 2.45) is 11.7 Å². The molecule has 0 spiro atoms. The Morgan fingerprint density at radius 1 is 1.29 bits per heavy atom. The molecular formula is C15H20F2N2O2. The molecule has 21 heavy (non-hydrogen) atoms. The van der Waals surface area contributed by atoms with Crippen LogP contribution >= 0.6 is 0 Å². The molecule has 116 valence electrons. The first-order valence-electron chi connectivity index (χ1n) is 7.07. The molecule has 0 aromatic heterocycles. The van der Waals surface area contributed by atoms with E-state index in [9.17, 15) is 13.6 Å². The molecule has 0 radical (unpaired) electrons. The molecule has 4 nitrogen and oxygen atoms in total. The molecule has 1 aromatic rings. The van der Waals surface area contributed by atoms with Crippen LogP contribution in [0, 0.1) is 5.92 Å². The van der Waals surface area contributed by atoms with Crippen LogP contribution < -0.4 is 10.5 Å². The van der Waals surface area contributed by atoms with E-state index in [0.717, 1.165) is 12.8 Å². The highest BCUT2D eigenvalue weighted by molar-refractivity contribution is 5.94. The molecule has 6 heteroatoms. The Labute approximate surface area is 122 Å². The van der Waals surface area contributed by atoms with Crippen LogP contribution in [0.1, 0.15) is 30.1 Å². The van der Waals surface area contributed by atoms with Gasteiger partial charge in [-0.3, -0.25) is 4.79 Å². The van der Waals surface area contributed by atoms with E-state index < -0.39 is 6.61 Å². The van der Waals surface area contributed by atoms with Gasteiger partial charge in [0, 0.05) is 24.7 Å². The lowest BCUT2D eigenvalue weighted by Crippen LogP contribution is -2.42. The van der Waals surface area contributed by atoms with E-state index in [1.54, 1.807) is 4.90 Å². The molecule has 1 saturated heterocycles. The average Bonchev–Trinajstić information content (AvgIpc) is 2.47. The van der Waals surface area contributed by atoms with E-state index in [0.29, 0.717) is 24.6 Å². The molecule has 1 aliphatic rings. The number of nitrogens with two attached hydrogens (primary N) is 1. The van der Waals surface area contributed by atoms with Gasteiger partial charge in [0.25, 0.3) is 5.91 Å². The molecule has 0 aliphatic carbocycles. The summed E-state index contributed by atoms with van der Waals surface area (Å²) in [6, 6.07) is 5.94. The van der Waals surface area contributed by atoms with Crippen LogP contribution in [-0.4, -0.2) is 36.5 Å². The smallest absolute Gasteiger partial charge is 0.387 e. The fourth-order valence-electron chi connectivity index (χ4n) is 2.59. The van der Waals surface area contributed by atoms with Gasteiger partial charge in [0.05, 0.1) is 0 Å². The maximum Gasteiger partial charge on any atom is 0.387 e. The number of likely N-dealkylation sites (tertiary alicyclic amines) is 1. The maximum atomic E-state index is 12.3. The summed E-state index contributed by atoms with van der Waals surface area (Å²) in [6.45, 7) is 0.494. The molecule has 1 heterocycles. The number of carbonyl (C=O) groups excluding carboxylic acids is 1. The van der Waals surface area contributed by atoms with E-state index in [4.69, 9.17) is 5.73 Å². The van der Waals surface area contributed by atoms with Crippen molar-refractivity contribution in [1.29, 1.82) is 0 Å². The van der Waals surface area contributed by atoms with Crippen molar-refractivity contribution in [2.75, 3.05) is 13.1 Å². The van der Waals surface area contributed by atoms with Crippen molar-refractivity contribution in [3.05, 3.63) is 29.8 Å². The van der Waals surface area contributed by atoms with E-state index in [-0.39, 0.29) is 17.7 Å². The number of hydrogen-bond acceptors (Lipinski definition) is 3. The zero-order chi connectivity index (χ0) is 15.4. The summed E-state index contributed by atoms with van der Waals surface area (Å²) in [5.41, 5.74) is 6.36. The van der Waals surface area contributed by atoms with Crippen LogP contribution in [0.4, 0.5) is 8.78 Å². The summed E-state index contributed by atoms with van der Waals surface area (Å²) in [5.74, 6) is 0.426. The molecule has 1 aliphatic heterocycles. The van der Waals surface area contributed by atoms with Crippen LogP contribution in [0.15, 0.2) is 24.3 Å².